The SMILES string of the molecule is O=[N+]([O-])c1ccc([C@H]2Oc3ccc(Cl)cc3[C@@H]3CC(c4ccc(Br)cc4)=NN23)cc1. The second-order valence-electron chi connectivity index (χ2n) is 7.15. The summed E-state index contributed by atoms with van der Waals surface area (Å²) in [5.74, 6) is 0.747. The normalized spacial score (nSPS) is 19.5. The Hall–Kier alpha value is -2.90. The summed E-state index contributed by atoms with van der Waals surface area (Å²) < 4.78 is 7.28. The van der Waals surface area contributed by atoms with Gasteiger partial charge in [0, 0.05) is 39.2 Å². The Labute approximate surface area is 186 Å². The first kappa shape index (κ1) is 19.1. The van der Waals surface area contributed by atoms with E-state index in [1.54, 1.807) is 18.2 Å². The maximum absolute atomic E-state index is 11.0. The first-order valence-corrected chi connectivity index (χ1v) is 10.5. The predicted octanol–water partition coefficient (Wildman–Crippen LogP) is 6.25. The summed E-state index contributed by atoms with van der Waals surface area (Å²) in [6.07, 6.45) is 0.222. The minimum atomic E-state index is -0.488. The number of fused-ring (bicyclic) bond motifs is 3. The lowest BCUT2D eigenvalue weighted by Crippen LogP contribution is -2.33. The second-order valence-corrected chi connectivity index (χ2v) is 8.51. The summed E-state index contributed by atoms with van der Waals surface area (Å²) in [6, 6.07) is 20.0. The quantitative estimate of drug-likeness (QED) is 0.325. The van der Waals surface area contributed by atoms with E-state index in [0.29, 0.717) is 11.4 Å². The van der Waals surface area contributed by atoms with Crippen molar-refractivity contribution in [3.05, 3.63) is 103 Å². The highest BCUT2D eigenvalue weighted by atomic mass is 79.9. The van der Waals surface area contributed by atoms with E-state index in [0.717, 1.165) is 32.6 Å². The Morgan fingerprint density at radius 3 is 2.53 bits per heavy atom. The largest absolute Gasteiger partial charge is 0.464 e. The van der Waals surface area contributed by atoms with Crippen LogP contribution in [0, 0.1) is 10.1 Å². The van der Waals surface area contributed by atoms with Gasteiger partial charge in [-0.25, -0.2) is 5.01 Å². The number of benzene rings is 3. The second kappa shape index (κ2) is 7.41. The number of hydrazone groups is 1. The van der Waals surface area contributed by atoms with Crippen molar-refractivity contribution in [3.63, 3.8) is 0 Å². The minimum Gasteiger partial charge on any atom is -0.464 e. The van der Waals surface area contributed by atoms with Crippen LogP contribution < -0.4 is 4.74 Å². The summed E-state index contributed by atoms with van der Waals surface area (Å²) in [4.78, 5) is 10.6. The molecular weight excluding hydrogens is 470 g/mol. The van der Waals surface area contributed by atoms with Gasteiger partial charge in [0.25, 0.3) is 5.69 Å². The van der Waals surface area contributed by atoms with Gasteiger partial charge < -0.3 is 4.74 Å². The minimum absolute atomic E-state index is 0.0358. The van der Waals surface area contributed by atoms with E-state index in [2.05, 4.69) is 15.9 Å². The molecule has 6 nitrogen and oxygen atoms in total. The number of hydrogen-bond acceptors (Lipinski definition) is 5. The summed E-state index contributed by atoms with van der Waals surface area (Å²) in [7, 11) is 0. The molecule has 0 saturated carbocycles. The van der Waals surface area contributed by atoms with Gasteiger partial charge >= 0.3 is 0 Å². The Bertz CT molecular complexity index is 1170. The van der Waals surface area contributed by atoms with Crippen molar-refractivity contribution in [2.24, 2.45) is 5.10 Å². The molecule has 2 heterocycles. The van der Waals surface area contributed by atoms with Crippen molar-refractivity contribution in [2.75, 3.05) is 0 Å². The van der Waals surface area contributed by atoms with E-state index in [1.165, 1.54) is 12.1 Å². The molecule has 8 heteroatoms. The monoisotopic (exact) mass is 483 g/mol. The fraction of sp³-hybridized carbons (Fsp3) is 0.136. The lowest BCUT2D eigenvalue weighted by atomic mass is 9.96. The van der Waals surface area contributed by atoms with Crippen LogP contribution in [0.4, 0.5) is 5.69 Å². The fourth-order valence-corrected chi connectivity index (χ4v) is 4.30. The molecule has 0 amide bonds. The van der Waals surface area contributed by atoms with E-state index in [-0.39, 0.29) is 11.7 Å². The van der Waals surface area contributed by atoms with Gasteiger partial charge in [0.1, 0.15) is 5.75 Å². The number of rotatable bonds is 3. The van der Waals surface area contributed by atoms with Crippen molar-refractivity contribution >= 4 is 38.9 Å². The molecule has 2 atom stereocenters. The molecule has 2 aliphatic heterocycles. The maximum atomic E-state index is 11.0. The molecule has 0 spiro atoms. The summed E-state index contributed by atoms with van der Waals surface area (Å²) in [5, 5.41) is 18.5. The zero-order chi connectivity index (χ0) is 20.8. The number of nitrogens with zero attached hydrogens (tertiary/aromatic N) is 3. The van der Waals surface area contributed by atoms with E-state index >= 15 is 0 Å². The van der Waals surface area contributed by atoms with Crippen LogP contribution in [0.2, 0.25) is 5.02 Å². The van der Waals surface area contributed by atoms with Gasteiger partial charge in [0.2, 0.25) is 6.23 Å². The third kappa shape index (κ3) is 3.34. The van der Waals surface area contributed by atoms with Gasteiger partial charge in [-0.2, -0.15) is 5.10 Å². The van der Waals surface area contributed by atoms with Gasteiger partial charge in [-0.1, -0.05) is 39.7 Å². The number of halogens is 2. The van der Waals surface area contributed by atoms with Crippen LogP contribution in [0.5, 0.6) is 5.75 Å². The van der Waals surface area contributed by atoms with Gasteiger partial charge in [-0.05, 0) is 48.0 Å². The zero-order valence-corrected chi connectivity index (χ0v) is 17.9. The molecule has 0 N–H and O–H groups in total. The first-order valence-electron chi connectivity index (χ1n) is 9.32. The molecule has 3 aromatic rings. The van der Waals surface area contributed by atoms with E-state index in [1.807, 2.05) is 41.4 Å². The number of ether oxygens (including phenoxy) is 1. The van der Waals surface area contributed by atoms with Crippen LogP contribution in [0.1, 0.15) is 35.4 Å². The molecule has 0 aliphatic carbocycles. The highest BCUT2D eigenvalue weighted by Gasteiger charge is 2.41. The van der Waals surface area contributed by atoms with Gasteiger partial charge in [0.05, 0.1) is 16.7 Å². The summed E-state index contributed by atoms with van der Waals surface area (Å²) in [5.41, 5.74) is 3.82. The average molecular weight is 485 g/mol. The standard InChI is InChI=1S/C22H15BrClN3O3/c23-15-5-1-13(2-6-15)19-12-20-18-11-16(24)7-10-21(18)30-22(26(20)25-19)14-3-8-17(9-4-14)27(28)29/h1-11,20,22H,12H2/t20-,22+/m0/s1. The number of hydrogen-bond donors (Lipinski definition) is 0. The predicted molar refractivity (Wildman–Crippen MR) is 118 cm³/mol. The third-order valence-corrected chi connectivity index (χ3v) is 6.08. The van der Waals surface area contributed by atoms with Crippen molar-refractivity contribution in [3.8, 4) is 5.75 Å². The number of nitro benzene ring substituents is 1. The van der Waals surface area contributed by atoms with Crippen LogP contribution >= 0.6 is 27.5 Å². The third-order valence-electron chi connectivity index (χ3n) is 5.32. The van der Waals surface area contributed by atoms with Gasteiger partial charge in [-0.15, -0.1) is 0 Å². The highest BCUT2D eigenvalue weighted by molar-refractivity contribution is 9.10. The molecule has 30 heavy (non-hydrogen) atoms. The molecular formula is C22H15BrClN3O3. The van der Waals surface area contributed by atoms with Crippen molar-refractivity contribution < 1.29 is 9.66 Å². The molecule has 0 bridgehead atoms. The Morgan fingerprint density at radius 1 is 1.10 bits per heavy atom. The molecule has 0 unspecified atom stereocenters. The van der Waals surface area contributed by atoms with Crippen LogP contribution in [0.15, 0.2) is 76.3 Å². The average Bonchev–Trinajstić information content (AvgIpc) is 3.19. The molecule has 150 valence electrons. The topological polar surface area (TPSA) is 68.0 Å². The smallest absolute Gasteiger partial charge is 0.269 e. The Balaban J connectivity index is 1.57. The molecule has 2 aliphatic rings. The lowest BCUT2D eigenvalue weighted by molar-refractivity contribution is -0.384. The van der Waals surface area contributed by atoms with Crippen molar-refractivity contribution in [1.29, 1.82) is 0 Å². The molecule has 0 radical (unpaired) electrons. The van der Waals surface area contributed by atoms with E-state index in [4.69, 9.17) is 21.4 Å². The molecule has 0 aromatic heterocycles. The maximum Gasteiger partial charge on any atom is 0.269 e. The summed E-state index contributed by atoms with van der Waals surface area (Å²) >= 11 is 9.73. The van der Waals surface area contributed by atoms with Crippen molar-refractivity contribution in [1.82, 2.24) is 5.01 Å². The molecule has 3 aromatic carbocycles. The highest BCUT2D eigenvalue weighted by Crippen LogP contribution is 2.48. The molecule has 5 rings (SSSR count). The van der Waals surface area contributed by atoms with Crippen LogP contribution in [-0.4, -0.2) is 15.6 Å². The van der Waals surface area contributed by atoms with Crippen LogP contribution in [0.3, 0.4) is 0 Å². The molecule has 0 fully saturated rings. The number of nitro groups is 1. The van der Waals surface area contributed by atoms with E-state index < -0.39 is 11.2 Å². The first-order chi connectivity index (χ1) is 14.5. The van der Waals surface area contributed by atoms with Crippen molar-refractivity contribution in [2.45, 2.75) is 18.7 Å². The summed E-state index contributed by atoms with van der Waals surface area (Å²) in [6.45, 7) is 0. The van der Waals surface area contributed by atoms with Crippen LogP contribution in [0.25, 0.3) is 0 Å². The van der Waals surface area contributed by atoms with Gasteiger partial charge in [0.15, 0.2) is 0 Å². The lowest BCUT2D eigenvalue weighted by Gasteiger charge is -2.38. The zero-order valence-electron chi connectivity index (χ0n) is 15.5. The fourth-order valence-electron chi connectivity index (χ4n) is 3.86. The molecule has 0 saturated heterocycles. The Kier molecular flexibility index (Phi) is 4.72. The number of non-ortho nitro benzene ring substituents is 1. The van der Waals surface area contributed by atoms with Crippen LogP contribution in [-0.2, 0) is 0 Å². The Morgan fingerprint density at radius 2 is 1.83 bits per heavy atom. The van der Waals surface area contributed by atoms with Gasteiger partial charge in [-0.3, -0.25) is 10.1 Å². The van der Waals surface area contributed by atoms with E-state index in [9.17, 15) is 10.1 Å².